The Labute approximate surface area is 161 Å². The Hall–Kier alpha value is -1.82. The maximum Gasteiger partial charge on any atom is 0.312 e. The van der Waals surface area contributed by atoms with E-state index in [0.717, 1.165) is 39.3 Å². The number of carbonyl (C=O) groups is 1. The highest BCUT2D eigenvalue weighted by atomic mass is 35.5. The van der Waals surface area contributed by atoms with E-state index in [9.17, 15) is 9.90 Å². The minimum atomic E-state index is -0.785. The maximum atomic E-state index is 11.5. The summed E-state index contributed by atoms with van der Waals surface area (Å²) in [5.41, 5.74) is 0.767. The SMILES string of the molecule is CC1(NCCN2CCN(c3ccccc3)CC2)C=CC=CC1C(=O)O.Cl. The van der Waals surface area contributed by atoms with Gasteiger partial charge in [0.05, 0.1) is 11.5 Å². The Kier molecular flexibility index (Phi) is 7.26. The van der Waals surface area contributed by atoms with E-state index in [-0.39, 0.29) is 12.4 Å². The van der Waals surface area contributed by atoms with Crippen LogP contribution in [0.4, 0.5) is 5.69 Å². The summed E-state index contributed by atoms with van der Waals surface area (Å²) in [4.78, 5) is 16.3. The van der Waals surface area contributed by atoms with Crippen LogP contribution < -0.4 is 10.2 Å². The van der Waals surface area contributed by atoms with Gasteiger partial charge in [-0.3, -0.25) is 9.69 Å². The number of hydrogen-bond donors (Lipinski definition) is 2. The van der Waals surface area contributed by atoms with Crippen LogP contribution in [0, 0.1) is 5.92 Å². The van der Waals surface area contributed by atoms with Crippen LogP contribution in [0.25, 0.3) is 0 Å². The molecule has 0 bridgehead atoms. The standard InChI is InChI=1S/C20H27N3O2.ClH/c1-20(10-6-5-9-18(20)19(24)25)21-11-12-22-13-15-23(16-14-22)17-7-3-2-4-8-17;/h2-10,18,21H,11-16H2,1H3,(H,24,25);1H. The van der Waals surface area contributed by atoms with Crippen molar-refractivity contribution in [3.63, 3.8) is 0 Å². The van der Waals surface area contributed by atoms with Gasteiger partial charge in [0.2, 0.25) is 0 Å². The second-order valence-electron chi connectivity index (χ2n) is 6.93. The number of benzene rings is 1. The van der Waals surface area contributed by atoms with Gasteiger partial charge in [0, 0.05) is 45.0 Å². The van der Waals surface area contributed by atoms with Gasteiger partial charge in [0.15, 0.2) is 0 Å². The van der Waals surface area contributed by atoms with Crippen LogP contribution in [0.2, 0.25) is 0 Å². The number of nitrogens with one attached hydrogen (secondary N) is 1. The van der Waals surface area contributed by atoms with Crippen molar-refractivity contribution in [2.45, 2.75) is 12.5 Å². The van der Waals surface area contributed by atoms with Gasteiger partial charge in [-0.05, 0) is 19.1 Å². The Bertz CT molecular complexity index is 642. The van der Waals surface area contributed by atoms with E-state index in [1.54, 1.807) is 6.08 Å². The van der Waals surface area contributed by atoms with Crippen molar-refractivity contribution in [1.82, 2.24) is 10.2 Å². The monoisotopic (exact) mass is 377 g/mol. The van der Waals surface area contributed by atoms with E-state index >= 15 is 0 Å². The predicted molar refractivity (Wildman–Crippen MR) is 108 cm³/mol. The molecule has 2 unspecified atom stereocenters. The number of hydrogen-bond acceptors (Lipinski definition) is 4. The fraction of sp³-hybridized carbons (Fsp3) is 0.450. The third kappa shape index (κ3) is 4.87. The van der Waals surface area contributed by atoms with Crippen LogP contribution in [-0.2, 0) is 4.79 Å². The summed E-state index contributed by atoms with van der Waals surface area (Å²) in [5, 5.41) is 12.9. The second-order valence-corrected chi connectivity index (χ2v) is 6.93. The number of allylic oxidation sites excluding steroid dienone is 2. The molecule has 1 aromatic carbocycles. The predicted octanol–water partition coefficient (Wildman–Crippen LogP) is 2.41. The number of piperazine rings is 1. The topological polar surface area (TPSA) is 55.8 Å². The summed E-state index contributed by atoms with van der Waals surface area (Å²) >= 11 is 0. The average molecular weight is 378 g/mol. The molecule has 2 atom stereocenters. The first-order chi connectivity index (χ1) is 12.1. The molecule has 1 aromatic rings. The van der Waals surface area contributed by atoms with Gasteiger partial charge in [0.25, 0.3) is 0 Å². The molecule has 3 rings (SSSR count). The van der Waals surface area contributed by atoms with Crippen molar-refractivity contribution in [1.29, 1.82) is 0 Å². The summed E-state index contributed by atoms with van der Waals surface area (Å²) in [6.07, 6.45) is 7.45. The van der Waals surface area contributed by atoms with E-state index in [1.807, 2.05) is 31.2 Å². The third-order valence-corrected chi connectivity index (χ3v) is 5.20. The second kappa shape index (κ2) is 9.21. The lowest BCUT2D eigenvalue weighted by Gasteiger charge is -2.38. The fourth-order valence-electron chi connectivity index (χ4n) is 3.59. The molecule has 0 aromatic heterocycles. The molecule has 0 radical (unpaired) electrons. The number of aliphatic carboxylic acids is 1. The van der Waals surface area contributed by atoms with Crippen LogP contribution in [-0.4, -0.2) is 60.8 Å². The lowest BCUT2D eigenvalue weighted by Crippen LogP contribution is -2.54. The number of carboxylic acids is 1. The average Bonchev–Trinajstić information content (AvgIpc) is 2.63. The zero-order valence-electron chi connectivity index (χ0n) is 15.2. The van der Waals surface area contributed by atoms with Gasteiger partial charge in [-0.1, -0.05) is 42.5 Å². The zero-order valence-corrected chi connectivity index (χ0v) is 16.0. The zero-order chi connectivity index (χ0) is 17.7. The lowest BCUT2D eigenvalue weighted by molar-refractivity contribution is -0.141. The number of halogens is 1. The quantitative estimate of drug-likeness (QED) is 0.797. The van der Waals surface area contributed by atoms with Crippen LogP contribution >= 0.6 is 12.4 Å². The molecule has 5 nitrogen and oxygen atoms in total. The number of anilines is 1. The largest absolute Gasteiger partial charge is 0.481 e. The van der Waals surface area contributed by atoms with Crippen LogP contribution in [0.3, 0.4) is 0 Å². The summed E-state index contributed by atoms with van der Waals surface area (Å²) in [7, 11) is 0. The molecule has 0 spiro atoms. The van der Waals surface area contributed by atoms with E-state index in [4.69, 9.17) is 0 Å². The molecule has 0 amide bonds. The van der Waals surface area contributed by atoms with Gasteiger partial charge in [-0.2, -0.15) is 0 Å². The molecule has 1 heterocycles. The molecule has 2 N–H and O–H groups in total. The molecule has 2 aliphatic rings. The van der Waals surface area contributed by atoms with E-state index in [0.29, 0.717) is 0 Å². The van der Waals surface area contributed by atoms with Crippen molar-refractivity contribution < 1.29 is 9.90 Å². The molecular formula is C20H28ClN3O2. The first kappa shape index (κ1) is 20.5. The lowest BCUT2D eigenvalue weighted by atomic mass is 9.82. The highest BCUT2D eigenvalue weighted by Crippen LogP contribution is 2.24. The Morgan fingerprint density at radius 2 is 1.88 bits per heavy atom. The fourth-order valence-corrected chi connectivity index (χ4v) is 3.59. The third-order valence-electron chi connectivity index (χ3n) is 5.20. The molecular weight excluding hydrogens is 350 g/mol. The van der Waals surface area contributed by atoms with Gasteiger partial charge in [-0.25, -0.2) is 0 Å². The summed E-state index contributed by atoms with van der Waals surface area (Å²) in [6, 6.07) is 10.5. The van der Waals surface area contributed by atoms with Crippen molar-refractivity contribution in [2.24, 2.45) is 5.92 Å². The Morgan fingerprint density at radius 1 is 1.19 bits per heavy atom. The highest BCUT2D eigenvalue weighted by molar-refractivity contribution is 5.85. The first-order valence-corrected chi connectivity index (χ1v) is 8.95. The summed E-state index contributed by atoms with van der Waals surface area (Å²) in [6.45, 7) is 7.80. The maximum absolute atomic E-state index is 11.5. The van der Waals surface area contributed by atoms with Crippen LogP contribution in [0.1, 0.15) is 6.92 Å². The minimum absolute atomic E-state index is 0. The molecule has 1 fully saturated rings. The number of rotatable bonds is 6. The van der Waals surface area contributed by atoms with Crippen molar-refractivity contribution in [3.8, 4) is 0 Å². The van der Waals surface area contributed by atoms with Crippen LogP contribution in [0.5, 0.6) is 0 Å². The Balaban J connectivity index is 0.00000243. The molecule has 26 heavy (non-hydrogen) atoms. The van der Waals surface area contributed by atoms with Gasteiger partial charge in [-0.15, -0.1) is 12.4 Å². The molecule has 1 saturated heterocycles. The molecule has 0 saturated carbocycles. The summed E-state index contributed by atoms with van der Waals surface area (Å²) < 4.78 is 0. The number of nitrogens with zero attached hydrogens (tertiary/aromatic N) is 2. The number of carboxylic acid groups (broad SMARTS) is 1. The smallest absolute Gasteiger partial charge is 0.312 e. The first-order valence-electron chi connectivity index (χ1n) is 8.95. The van der Waals surface area contributed by atoms with Crippen molar-refractivity contribution >= 4 is 24.1 Å². The van der Waals surface area contributed by atoms with Crippen LogP contribution in [0.15, 0.2) is 54.6 Å². The molecule has 142 valence electrons. The Morgan fingerprint density at radius 3 is 2.54 bits per heavy atom. The van der Waals surface area contributed by atoms with Gasteiger partial charge >= 0.3 is 5.97 Å². The minimum Gasteiger partial charge on any atom is -0.481 e. The van der Waals surface area contributed by atoms with E-state index in [2.05, 4.69) is 39.4 Å². The highest BCUT2D eigenvalue weighted by Gasteiger charge is 2.36. The van der Waals surface area contributed by atoms with Crippen molar-refractivity contribution in [2.75, 3.05) is 44.2 Å². The molecule has 1 aliphatic carbocycles. The molecule has 6 heteroatoms. The van der Waals surface area contributed by atoms with Gasteiger partial charge < -0.3 is 15.3 Å². The van der Waals surface area contributed by atoms with E-state index in [1.165, 1.54) is 5.69 Å². The molecule has 1 aliphatic heterocycles. The van der Waals surface area contributed by atoms with E-state index < -0.39 is 17.4 Å². The van der Waals surface area contributed by atoms with Crippen molar-refractivity contribution in [3.05, 3.63) is 54.6 Å². The van der Waals surface area contributed by atoms with Gasteiger partial charge in [0.1, 0.15) is 0 Å². The number of para-hydroxylation sites is 1. The normalized spacial score (nSPS) is 25.7. The summed E-state index contributed by atoms with van der Waals surface area (Å²) in [5.74, 6) is -1.31.